The minimum absolute atomic E-state index is 0. The fourth-order valence-corrected chi connectivity index (χ4v) is 2.65. The molecule has 0 fully saturated rings. The van der Waals surface area contributed by atoms with E-state index >= 15 is 0 Å². The van der Waals surface area contributed by atoms with Gasteiger partial charge in [-0.15, -0.1) is 24.0 Å². The van der Waals surface area contributed by atoms with E-state index in [-0.39, 0.29) is 41.9 Å². The van der Waals surface area contributed by atoms with Crippen LogP contribution in [0.15, 0.2) is 46.0 Å². The van der Waals surface area contributed by atoms with E-state index in [2.05, 4.69) is 15.5 Å². The van der Waals surface area contributed by atoms with Crippen molar-refractivity contribution in [2.75, 3.05) is 27.2 Å². The Bertz CT molecular complexity index is 719. The number of aryl methyl sites for hydroxylation is 1. The molecule has 0 aliphatic carbocycles. The van der Waals surface area contributed by atoms with Gasteiger partial charge in [0.15, 0.2) is 5.96 Å². The number of aliphatic imine (C=N–C) groups is 1. The standard InChI is InChI=1S/C20H29FN4O.HI/c1-6-22-20(23-13-18(25(4)5)19-8-7-11-26-19)24-15(3)16-10-9-14(2)17(21)12-16;/h7-12,15,18H,6,13H2,1-5H3,(H2,22,23,24);1H. The summed E-state index contributed by atoms with van der Waals surface area (Å²) in [4.78, 5) is 6.77. The SMILES string of the molecule is CCNC(=NCC(c1ccco1)N(C)C)NC(C)c1ccc(C)c(F)c1.I. The summed E-state index contributed by atoms with van der Waals surface area (Å²) in [5.41, 5.74) is 1.53. The van der Waals surface area contributed by atoms with Gasteiger partial charge in [-0.25, -0.2) is 4.39 Å². The number of halogens is 2. The maximum absolute atomic E-state index is 13.8. The summed E-state index contributed by atoms with van der Waals surface area (Å²) in [7, 11) is 4.00. The lowest BCUT2D eigenvalue weighted by atomic mass is 10.1. The molecule has 2 N–H and O–H groups in total. The summed E-state index contributed by atoms with van der Waals surface area (Å²) in [6.07, 6.45) is 1.67. The second-order valence-corrected chi connectivity index (χ2v) is 6.59. The van der Waals surface area contributed by atoms with Gasteiger partial charge < -0.3 is 15.1 Å². The highest BCUT2D eigenvalue weighted by atomic mass is 127. The highest BCUT2D eigenvalue weighted by Crippen LogP contribution is 2.19. The predicted octanol–water partition coefficient (Wildman–Crippen LogP) is 4.26. The van der Waals surface area contributed by atoms with Crippen LogP contribution >= 0.6 is 24.0 Å². The zero-order valence-corrected chi connectivity index (χ0v) is 19.0. The van der Waals surface area contributed by atoms with E-state index in [1.807, 2.05) is 46.1 Å². The Morgan fingerprint density at radius 1 is 1.30 bits per heavy atom. The first kappa shape index (κ1) is 23.4. The molecule has 0 aliphatic heterocycles. The molecule has 1 aromatic carbocycles. The van der Waals surface area contributed by atoms with Gasteiger partial charge in [-0.2, -0.15) is 0 Å². The van der Waals surface area contributed by atoms with Crippen LogP contribution in [-0.4, -0.2) is 38.0 Å². The van der Waals surface area contributed by atoms with Crippen molar-refractivity contribution in [1.29, 1.82) is 0 Å². The van der Waals surface area contributed by atoms with Gasteiger partial charge in [0.2, 0.25) is 0 Å². The van der Waals surface area contributed by atoms with Crippen molar-refractivity contribution in [2.45, 2.75) is 32.9 Å². The van der Waals surface area contributed by atoms with Gasteiger partial charge in [0.1, 0.15) is 11.6 Å². The Hall–Kier alpha value is -1.61. The lowest BCUT2D eigenvalue weighted by molar-refractivity contribution is 0.265. The van der Waals surface area contributed by atoms with Crippen molar-refractivity contribution in [3.63, 3.8) is 0 Å². The molecule has 150 valence electrons. The van der Waals surface area contributed by atoms with Gasteiger partial charge in [0.05, 0.1) is 24.9 Å². The Morgan fingerprint density at radius 2 is 2.04 bits per heavy atom. The molecule has 0 aliphatic rings. The molecular weight excluding hydrogens is 458 g/mol. The molecule has 7 heteroatoms. The molecule has 0 saturated heterocycles. The van der Waals surface area contributed by atoms with E-state index in [1.165, 1.54) is 0 Å². The van der Waals surface area contributed by atoms with E-state index in [9.17, 15) is 4.39 Å². The highest BCUT2D eigenvalue weighted by molar-refractivity contribution is 14.0. The van der Waals surface area contributed by atoms with Crippen molar-refractivity contribution in [1.82, 2.24) is 15.5 Å². The third-order valence-corrected chi connectivity index (χ3v) is 4.31. The van der Waals surface area contributed by atoms with E-state index in [1.54, 1.807) is 25.3 Å². The normalized spacial score (nSPS) is 13.8. The molecule has 0 radical (unpaired) electrons. The zero-order chi connectivity index (χ0) is 19.1. The maximum atomic E-state index is 13.8. The number of nitrogens with one attached hydrogen (secondary N) is 2. The summed E-state index contributed by atoms with van der Waals surface area (Å²) in [5, 5.41) is 6.59. The molecule has 2 aromatic rings. The highest BCUT2D eigenvalue weighted by Gasteiger charge is 2.17. The molecule has 0 bridgehead atoms. The van der Waals surface area contributed by atoms with Crippen LogP contribution in [-0.2, 0) is 0 Å². The van der Waals surface area contributed by atoms with Crippen LogP contribution in [0.3, 0.4) is 0 Å². The number of furan rings is 1. The number of likely N-dealkylation sites (N-methyl/N-ethyl adjacent to an activating group) is 1. The van der Waals surface area contributed by atoms with E-state index < -0.39 is 0 Å². The molecule has 0 amide bonds. The third-order valence-electron chi connectivity index (χ3n) is 4.31. The second kappa shape index (κ2) is 11.3. The molecule has 1 heterocycles. The van der Waals surface area contributed by atoms with Crippen LogP contribution < -0.4 is 10.6 Å². The number of hydrogen-bond acceptors (Lipinski definition) is 3. The van der Waals surface area contributed by atoms with Crippen LogP contribution in [0.4, 0.5) is 4.39 Å². The smallest absolute Gasteiger partial charge is 0.191 e. The van der Waals surface area contributed by atoms with Crippen LogP contribution in [0.25, 0.3) is 0 Å². The van der Waals surface area contributed by atoms with Gasteiger partial charge in [0.25, 0.3) is 0 Å². The van der Waals surface area contributed by atoms with Crippen molar-refractivity contribution in [3.8, 4) is 0 Å². The first-order valence-electron chi connectivity index (χ1n) is 8.93. The zero-order valence-electron chi connectivity index (χ0n) is 16.6. The second-order valence-electron chi connectivity index (χ2n) is 6.59. The molecule has 2 atom stereocenters. The third kappa shape index (κ3) is 6.80. The monoisotopic (exact) mass is 488 g/mol. The number of rotatable bonds is 7. The molecule has 2 rings (SSSR count). The molecule has 1 aromatic heterocycles. The van der Waals surface area contributed by atoms with Crippen molar-refractivity contribution in [3.05, 3.63) is 59.3 Å². The molecule has 27 heavy (non-hydrogen) atoms. The minimum atomic E-state index is -0.191. The fraction of sp³-hybridized carbons (Fsp3) is 0.450. The van der Waals surface area contributed by atoms with Crippen LogP contribution in [0.1, 0.15) is 42.8 Å². The number of benzene rings is 1. The summed E-state index contributed by atoms with van der Waals surface area (Å²) in [5.74, 6) is 1.38. The fourth-order valence-electron chi connectivity index (χ4n) is 2.65. The number of nitrogens with zero attached hydrogens (tertiary/aromatic N) is 2. The summed E-state index contributed by atoms with van der Waals surface area (Å²) >= 11 is 0. The Labute approximate surface area is 178 Å². The average Bonchev–Trinajstić information content (AvgIpc) is 3.11. The van der Waals surface area contributed by atoms with E-state index in [4.69, 9.17) is 9.41 Å². The Morgan fingerprint density at radius 3 is 2.59 bits per heavy atom. The van der Waals surface area contributed by atoms with Gasteiger partial charge >= 0.3 is 0 Å². The molecule has 5 nitrogen and oxygen atoms in total. The summed E-state index contributed by atoms with van der Waals surface area (Å²) in [6, 6.07) is 9.13. The molecular formula is C20H30FIN4O. The van der Waals surface area contributed by atoms with Crippen molar-refractivity contribution in [2.24, 2.45) is 4.99 Å². The van der Waals surface area contributed by atoms with Gasteiger partial charge in [0, 0.05) is 6.54 Å². The first-order chi connectivity index (χ1) is 12.4. The first-order valence-corrected chi connectivity index (χ1v) is 8.93. The summed E-state index contributed by atoms with van der Waals surface area (Å²) < 4.78 is 19.4. The predicted molar refractivity (Wildman–Crippen MR) is 119 cm³/mol. The quantitative estimate of drug-likeness (QED) is 0.348. The average molecular weight is 488 g/mol. The summed E-state index contributed by atoms with van der Waals surface area (Å²) in [6.45, 7) is 7.06. The maximum Gasteiger partial charge on any atom is 0.191 e. The molecule has 0 spiro atoms. The van der Waals surface area contributed by atoms with Crippen molar-refractivity contribution < 1.29 is 8.81 Å². The van der Waals surface area contributed by atoms with Gasteiger partial charge in [-0.1, -0.05) is 12.1 Å². The van der Waals surface area contributed by atoms with Gasteiger partial charge in [-0.3, -0.25) is 9.89 Å². The lowest BCUT2D eigenvalue weighted by Gasteiger charge is -2.22. The van der Waals surface area contributed by atoms with Crippen molar-refractivity contribution >= 4 is 29.9 Å². The van der Waals surface area contributed by atoms with Crippen LogP contribution in [0.2, 0.25) is 0 Å². The number of guanidine groups is 1. The Balaban J connectivity index is 0.00000364. The Kier molecular flexibility index (Phi) is 9.79. The van der Waals surface area contributed by atoms with Gasteiger partial charge in [-0.05, 0) is 64.2 Å². The minimum Gasteiger partial charge on any atom is -0.468 e. The lowest BCUT2D eigenvalue weighted by Crippen LogP contribution is -2.39. The van der Waals surface area contributed by atoms with E-state index in [0.717, 1.165) is 17.9 Å². The van der Waals surface area contributed by atoms with Crippen LogP contribution in [0.5, 0.6) is 0 Å². The molecule has 2 unspecified atom stereocenters. The largest absolute Gasteiger partial charge is 0.468 e. The van der Waals surface area contributed by atoms with Crippen LogP contribution in [0, 0.1) is 12.7 Å². The molecule has 0 saturated carbocycles. The van der Waals surface area contributed by atoms with E-state index in [0.29, 0.717) is 18.1 Å². The number of hydrogen-bond donors (Lipinski definition) is 2. The topological polar surface area (TPSA) is 52.8 Å².